The highest BCUT2D eigenvalue weighted by molar-refractivity contribution is 5.76. The Hall–Kier alpha value is -2.64. The third kappa shape index (κ3) is 3.18. The van der Waals surface area contributed by atoms with Crippen molar-refractivity contribution in [2.45, 2.75) is 56.2 Å². The first-order valence-corrected chi connectivity index (χ1v) is 11.5. The third-order valence-electron chi connectivity index (χ3n) is 8.02. The molecule has 1 aromatic carbocycles. The maximum Gasteiger partial charge on any atom is 0.244 e. The van der Waals surface area contributed by atoms with Crippen molar-refractivity contribution >= 4 is 5.91 Å². The van der Waals surface area contributed by atoms with Gasteiger partial charge in [-0.25, -0.2) is 0 Å². The number of likely N-dealkylation sites (tertiary alicyclic amines) is 2. The van der Waals surface area contributed by atoms with Gasteiger partial charge in [0, 0.05) is 37.3 Å². The number of aromatic hydroxyl groups is 1. The number of nitrogens with zero attached hydrogens (tertiary/aromatic N) is 4. The van der Waals surface area contributed by atoms with Gasteiger partial charge in [0.1, 0.15) is 12.3 Å². The van der Waals surface area contributed by atoms with Crippen molar-refractivity contribution in [2.24, 2.45) is 0 Å². The monoisotopic (exact) mass is 436 g/mol. The average molecular weight is 437 g/mol. The molecule has 2 bridgehead atoms. The number of phenolic OH excluding ortho intramolecular Hbond substituents is 1. The van der Waals surface area contributed by atoms with E-state index in [0.29, 0.717) is 25.9 Å². The lowest BCUT2D eigenvalue weighted by molar-refractivity contribution is -0.146. The van der Waals surface area contributed by atoms with Crippen LogP contribution in [0.25, 0.3) is 0 Å². The number of carbonyl (C=O) groups excluding carboxylic acids is 1. The maximum atomic E-state index is 13.1. The molecule has 0 radical (unpaired) electrons. The lowest BCUT2D eigenvalue weighted by atomic mass is 9.52. The summed E-state index contributed by atoms with van der Waals surface area (Å²) in [5.74, 6) is 0.263. The number of aromatic nitrogens is 2. The summed E-state index contributed by atoms with van der Waals surface area (Å²) >= 11 is 0. The van der Waals surface area contributed by atoms with Crippen molar-refractivity contribution in [3.05, 3.63) is 59.9 Å². The molecule has 2 saturated heterocycles. The molecule has 3 aliphatic rings. The van der Waals surface area contributed by atoms with E-state index in [1.54, 1.807) is 16.9 Å². The van der Waals surface area contributed by atoms with Crippen LogP contribution in [0, 0.1) is 6.92 Å². The number of amides is 1. The van der Waals surface area contributed by atoms with Crippen molar-refractivity contribution in [2.75, 3.05) is 26.2 Å². The average Bonchev–Trinajstić information content (AvgIpc) is 3.08. The smallest absolute Gasteiger partial charge is 0.244 e. The highest BCUT2D eigenvalue weighted by Gasteiger charge is 2.63. The Bertz CT molecular complexity index is 1050. The Balaban J connectivity index is 1.50. The van der Waals surface area contributed by atoms with E-state index in [-0.39, 0.29) is 24.2 Å². The van der Waals surface area contributed by atoms with E-state index in [2.05, 4.69) is 16.6 Å². The summed E-state index contributed by atoms with van der Waals surface area (Å²) in [5.41, 5.74) is 1.84. The Morgan fingerprint density at radius 2 is 2.06 bits per heavy atom. The summed E-state index contributed by atoms with van der Waals surface area (Å²) in [5, 5.41) is 26.9. The molecule has 1 amide bonds. The number of aliphatic hydroxyl groups is 1. The lowest BCUT2D eigenvalue weighted by Crippen LogP contribution is -2.71. The van der Waals surface area contributed by atoms with Crippen molar-refractivity contribution in [1.29, 1.82) is 0 Å². The Morgan fingerprint density at radius 3 is 2.81 bits per heavy atom. The zero-order valence-corrected chi connectivity index (χ0v) is 18.7. The van der Waals surface area contributed by atoms with Crippen molar-refractivity contribution in [1.82, 2.24) is 19.6 Å². The number of piperidine rings is 1. The molecule has 7 nitrogen and oxygen atoms in total. The van der Waals surface area contributed by atoms with Crippen LogP contribution < -0.4 is 0 Å². The second kappa shape index (κ2) is 7.74. The van der Waals surface area contributed by atoms with Crippen LogP contribution in [0.5, 0.6) is 5.75 Å². The molecule has 5 rings (SSSR count). The van der Waals surface area contributed by atoms with Gasteiger partial charge in [-0.2, -0.15) is 5.10 Å². The number of hydrogen-bond acceptors (Lipinski definition) is 5. The molecular weight excluding hydrogens is 404 g/mol. The SMILES string of the molecule is C=CCN1CC[C@]23CCN(C(=O)Cn4cc(C)cn4)CC[C@@]2(O)[C@H]1Cc1ccc(O)cc13. The molecule has 2 aliphatic heterocycles. The van der Waals surface area contributed by atoms with Crippen LogP contribution in [0.15, 0.2) is 43.2 Å². The molecular formula is C25H32N4O3. The van der Waals surface area contributed by atoms with Gasteiger partial charge in [0.15, 0.2) is 0 Å². The molecule has 7 heteroatoms. The molecule has 32 heavy (non-hydrogen) atoms. The highest BCUT2D eigenvalue weighted by atomic mass is 16.3. The van der Waals surface area contributed by atoms with E-state index in [1.807, 2.05) is 36.2 Å². The largest absolute Gasteiger partial charge is 0.508 e. The Labute approximate surface area is 188 Å². The van der Waals surface area contributed by atoms with Gasteiger partial charge in [0.25, 0.3) is 0 Å². The molecule has 2 aromatic rings. The van der Waals surface area contributed by atoms with Gasteiger partial charge in [-0.1, -0.05) is 12.1 Å². The quantitative estimate of drug-likeness (QED) is 0.717. The highest BCUT2D eigenvalue weighted by Crippen LogP contribution is 2.56. The minimum Gasteiger partial charge on any atom is -0.508 e. The number of carbonyl (C=O) groups is 1. The fourth-order valence-electron chi connectivity index (χ4n) is 6.44. The molecule has 3 atom stereocenters. The summed E-state index contributed by atoms with van der Waals surface area (Å²) < 4.78 is 1.68. The number of hydrogen-bond donors (Lipinski definition) is 2. The van der Waals surface area contributed by atoms with Gasteiger partial charge in [0.2, 0.25) is 5.91 Å². The van der Waals surface area contributed by atoms with E-state index in [9.17, 15) is 15.0 Å². The first kappa shape index (κ1) is 21.2. The second-order valence-corrected chi connectivity index (χ2v) is 9.70. The van der Waals surface area contributed by atoms with E-state index >= 15 is 0 Å². The van der Waals surface area contributed by atoms with Crippen molar-refractivity contribution in [3.8, 4) is 5.75 Å². The third-order valence-corrected chi connectivity index (χ3v) is 8.02. The zero-order valence-electron chi connectivity index (χ0n) is 18.7. The molecule has 170 valence electrons. The van der Waals surface area contributed by atoms with Gasteiger partial charge in [-0.05, 0) is 68.0 Å². The van der Waals surface area contributed by atoms with Gasteiger partial charge in [-0.15, -0.1) is 6.58 Å². The number of phenols is 1. The van der Waals surface area contributed by atoms with Gasteiger partial charge < -0.3 is 15.1 Å². The summed E-state index contributed by atoms with van der Waals surface area (Å²) in [6.45, 7) is 8.80. The van der Waals surface area contributed by atoms with Gasteiger partial charge in [-0.3, -0.25) is 14.4 Å². The number of aryl methyl sites for hydroxylation is 1. The van der Waals surface area contributed by atoms with Crippen molar-refractivity contribution < 1.29 is 15.0 Å². The molecule has 0 unspecified atom stereocenters. The van der Waals surface area contributed by atoms with E-state index in [4.69, 9.17) is 0 Å². The van der Waals surface area contributed by atoms with Crippen LogP contribution in [0.4, 0.5) is 0 Å². The molecule has 1 aromatic heterocycles. The van der Waals surface area contributed by atoms with Crippen LogP contribution in [0.3, 0.4) is 0 Å². The second-order valence-electron chi connectivity index (χ2n) is 9.70. The number of rotatable bonds is 4. The van der Waals surface area contributed by atoms with Crippen LogP contribution in [-0.4, -0.2) is 73.5 Å². The topological polar surface area (TPSA) is 81.8 Å². The lowest BCUT2D eigenvalue weighted by Gasteiger charge is -2.61. The van der Waals surface area contributed by atoms with Crippen LogP contribution in [0.2, 0.25) is 0 Å². The molecule has 3 heterocycles. The summed E-state index contributed by atoms with van der Waals surface area (Å²) in [6.07, 6.45) is 8.27. The van der Waals surface area contributed by atoms with E-state index < -0.39 is 11.0 Å². The van der Waals surface area contributed by atoms with Gasteiger partial charge >= 0.3 is 0 Å². The maximum absolute atomic E-state index is 13.1. The van der Waals surface area contributed by atoms with E-state index in [1.165, 1.54) is 5.56 Å². The van der Waals surface area contributed by atoms with Crippen LogP contribution >= 0.6 is 0 Å². The van der Waals surface area contributed by atoms with Crippen LogP contribution in [-0.2, 0) is 23.2 Å². The Morgan fingerprint density at radius 1 is 1.28 bits per heavy atom. The normalized spacial score (nSPS) is 29.7. The summed E-state index contributed by atoms with van der Waals surface area (Å²) in [4.78, 5) is 17.3. The standard InChI is InChI=1S/C25H32N4O3/c1-3-9-27-10-6-24-7-11-28(23(31)17-29-16-18(2)15-26-29)12-8-25(24,32)22(27)13-19-4-5-20(30)14-21(19)24/h3-5,14-16,22,30,32H,1,6-13,17H2,2H3/t22-,24-,25-/m1/s1. The zero-order chi connectivity index (χ0) is 22.5. The summed E-state index contributed by atoms with van der Waals surface area (Å²) in [7, 11) is 0. The Kier molecular flexibility index (Phi) is 5.13. The number of fused-ring (bicyclic) bond motifs is 1. The molecule has 1 aliphatic carbocycles. The molecule has 2 N–H and O–H groups in total. The van der Waals surface area contributed by atoms with Crippen LogP contribution in [0.1, 0.15) is 36.0 Å². The first-order chi connectivity index (χ1) is 15.4. The minimum absolute atomic E-state index is 0.0281. The van der Waals surface area contributed by atoms with Crippen molar-refractivity contribution in [3.63, 3.8) is 0 Å². The predicted octanol–water partition coefficient (Wildman–Crippen LogP) is 2.01. The fourth-order valence-corrected chi connectivity index (χ4v) is 6.44. The molecule has 0 spiro atoms. The number of benzene rings is 1. The molecule has 0 saturated carbocycles. The predicted molar refractivity (Wildman–Crippen MR) is 121 cm³/mol. The van der Waals surface area contributed by atoms with E-state index in [0.717, 1.165) is 37.1 Å². The van der Waals surface area contributed by atoms with Gasteiger partial charge in [0.05, 0.1) is 11.8 Å². The molecule has 2 fully saturated rings. The first-order valence-electron chi connectivity index (χ1n) is 11.5. The summed E-state index contributed by atoms with van der Waals surface area (Å²) in [6, 6.07) is 5.56. The fraction of sp³-hybridized carbons (Fsp3) is 0.520. The minimum atomic E-state index is -0.966.